The van der Waals surface area contributed by atoms with Crippen LogP contribution in [-0.4, -0.2) is 27.9 Å². The van der Waals surface area contributed by atoms with Crippen molar-refractivity contribution in [1.29, 1.82) is 0 Å². The van der Waals surface area contributed by atoms with Gasteiger partial charge in [0.1, 0.15) is 0 Å². The van der Waals surface area contributed by atoms with Gasteiger partial charge in [0.25, 0.3) is 0 Å². The van der Waals surface area contributed by atoms with E-state index in [-0.39, 0.29) is 19.1 Å². The van der Waals surface area contributed by atoms with Crippen molar-refractivity contribution in [2.45, 2.75) is 0 Å². The van der Waals surface area contributed by atoms with Crippen LogP contribution >= 0.6 is 0 Å². The molecule has 1 atom stereocenters. The van der Waals surface area contributed by atoms with Crippen molar-refractivity contribution in [3.05, 3.63) is 0 Å². The van der Waals surface area contributed by atoms with Crippen LogP contribution in [0.1, 0.15) is 0 Å². The fourth-order valence-electron chi connectivity index (χ4n) is 0.214. The monoisotopic (exact) mass is 139 g/mol. The Hall–Kier alpha value is 0.0300. The quantitative estimate of drug-likeness (QED) is 0.302. The topological polar surface area (TPSA) is 72.5 Å². The lowest BCUT2D eigenvalue weighted by Gasteiger charge is -1.94. The van der Waals surface area contributed by atoms with Gasteiger partial charge in [0.05, 0.1) is 19.1 Å². The number of hydrogen-bond donors (Lipinski definition) is 2. The summed E-state index contributed by atoms with van der Waals surface area (Å²) in [7, 11) is 0. The highest BCUT2D eigenvalue weighted by atomic mass is 32.2. The maximum absolute atomic E-state index is 9.86. The summed E-state index contributed by atoms with van der Waals surface area (Å²) in [6, 6.07) is 0. The summed E-state index contributed by atoms with van der Waals surface area (Å²) < 4.78 is 22.6. The maximum atomic E-state index is 9.86. The molecule has 0 amide bonds. The molecule has 0 aliphatic carbocycles. The van der Waals surface area contributed by atoms with Gasteiger partial charge in [-0.2, -0.15) is 0 Å². The number of rotatable bonds is 4. The lowest BCUT2D eigenvalue weighted by atomic mass is 10.9. The Morgan fingerprint density at radius 1 is 1.75 bits per heavy atom. The van der Waals surface area contributed by atoms with Crippen molar-refractivity contribution >= 4 is 11.1 Å². The Morgan fingerprint density at radius 2 is 2.38 bits per heavy atom. The zero-order chi connectivity index (χ0) is 6.41. The molecule has 0 spiro atoms. The first-order chi connectivity index (χ1) is 3.77. The molecule has 0 aliphatic heterocycles. The van der Waals surface area contributed by atoms with Gasteiger partial charge in [-0.3, -0.25) is 0 Å². The second-order valence-corrected chi connectivity index (χ2v) is 2.15. The molecule has 0 fully saturated rings. The van der Waals surface area contributed by atoms with Gasteiger partial charge in [-0.1, -0.05) is 0 Å². The molecule has 0 aromatic carbocycles. The molecule has 5 heteroatoms. The van der Waals surface area contributed by atoms with Gasteiger partial charge < -0.3 is 15.0 Å². The van der Waals surface area contributed by atoms with Crippen LogP contribution in [0.5, 0.6) is 0 Å². The predicted molar refractivity (Wildman–Crippen MR) is 30.6 cm³/mol. The van der Waals surface area contributed by atoms with Crippen molar-refractivity contribution < 1.29 is 13.5 Å². The second-order valence-electron chi connectivity index (χ2n) is 1.10. The Kier molecular flexibility index (Phi) is 5.19. The maximum Gasteiger partial charge on any atom is 0.155 e. The van der Waals surface area contributed by atoms with E-state index in [1.165, 1.54) is 0 Å². The first-order valence-corrected chi connectivity index (χ1v) is 3.40. The smallest absolute Gasteiger partial charge is 0.155 e. The molecule has 0 aromatic heterocycles. The lowest BCUT2D eigenvalue weighted by Crippen LogP contribution is -2.10. The van der Waals surface area contributed by atoms with Crippen LogP contribution in [0, 0.1) is 0 Å². The highest BCUT2D eigenvalue weighted by Crippen LogP contribution is 1.73. The summed E-state index contributed by atoms with van der Waals surface area (Å²) in [5.74, 6) is 0.136. The molecule has 0 radical (unpaired) electrons. The molecule has 0 aliphatic rings. The molecule has 3 N–H and O–H groups in total. The predicted octanol–water partition coefficient (Wildman–Crippen LogP) is -0.859. The summed E-state index contributed by atoms with van der Waals surface area (Å²) >= 11 is -1.75. The van der Waals surface area contributed by atoms with Crippen LogP contribution in [-0.2, 0) is 15.8 Å². The van der Waals surface area contributed by atoms with Crippen LogP contribution in [0.25, 0.3) is 0 Å². The Labute approximate surface area is 50.3 Å². The van der Waals surface area contributed by atoms with Crippen molar-refractivity contribution in [1.82, 2.24) is 0 Å². The van der Waals surface area contributed by atoms with Crippen LogP contribution in [0.4, 0.5) is 0 Å². The molecule has 0 aromatic rings. The normalized spacial score (nSPS) is 13.8. The van der Waals surface area contributed by atoms with Crippen LogP contribution < -0.4 is 5.73 Å². The molecule has 1 unspecified atom stereocenters. The molecule has 0 bridgehead atoms. The summed E-state index contributed by atoms with van der Waals surface area (Å²) in [6.07, 6.45) is 0. The van der Waals surface area contributed by atoms with E-state index in [9.17, 15) is 4.21 Å². The number of ether oxygens (including phenoxy) is 1. The summed E-state index contributed by atoms with van der Waals surface area (Å²) in [5, 5.41) is 0. The van der Waals surface area contributed by atoms with Gasteiger partial charge in [0, 0.05) is 0 Å². The van der Waals surface area contributed by atoms with Gasteiger partial charge >= 0.3 is 0 Å². The summed E-state index contributed by atoms with van der Waals surface area (Å²) in [5.41, 5.74) is 4.91. The standard InChI is InChI=1S/C3H9NO3S/c4-3-7-1-2-8(5)6/h1-4H2,(H,5,6). The summed E-state index contributed by atoms with van der Waals surface area (Å²) in [4.78, 5) is 0. The largest absolute Gasteiger partial charge is 0.365 e. The highest BCUT2D eigenvalue weighted by molar-refractivity contribution is 7.79. The van der Waals surface area contributed by atoms with Crippen LogP contribution in [0.3, 0.4) is 0 Å². The van der Waals surface area contributed by atoms with Gasteiger partial charge in [0.15, 0.2) is 11.1 Å². The van der Waals surface area contributed by atoms with E-state index < -0.39 is 11.1 Å². The second kappa shape index (κ2) is 5.17. The lowest BCUT2D eigenvalue weighted by molar-refractivity contribution is 0.156. The Morgan fingerprint density at radius 3 is 2.75 bits per heavy atom. The average molecular weight is 139 g/mol. The van der Waals surface area contributed by atoms with Gasteiger partial charge in [0.2, 0.25) is 0 Å². The van der Waals surface area contributed by atoms with Crippen molar-refractivity contribution in [3.63, 3.8) is 0 Å². The minimum absolute atomic E-state index is 0.108. The fraction of sp³-hybridized carbons (Fsp3) is 1.00. The molecule has 0 heterocycles. The highest BCUT2D eigenvalue weighted by Gasteiger charge is 1.89. The molecule has 8 heavy (non-hydrogen) atoms. The molecule has 0 saturated heterocycles. The van der Waals surface area contributed by atoms with E-state index >= 15 is 0 Å². The average Bonchev–Trinajstić information content (AvgIpc) is 1.66. The van der Waals surface area contributed by atoms with Gasteiger partial charge in [-0.25, -0.2) is 4.21 Å². The van der Waals surface area contributed by atoms with Crippen LogP contribution in [0.2, 0.25) is 0 Å². The third-order valence-corrected chi connectivity index (χ3v) is 1.04. The van der Waals surface area contributed by atoms with Gasteiger partial charge in [-0.05, 0) is 0 Å². The third-order valence-electron chi connectivity index (χ3n) is 0.520. The molecule has 0 saturated carbocycles. The molecule has 0 rings (SSSR count). The first-order valence-electron chi connectivity index (χ1n) is 2.12. The minimum atomic E-state index is -1.75. The van der Waals surface area contributed by atoms with Gasteiger partial charge in [-0.15, -0.1) is 0 Å². The van der Waals surface area contributed by atoms with Crippen molar-refractivity contribution in [2.75, 3.05) is 19.1 Å². The van der Waals surface area contributed by atoms with Crippen molar-refractivity contribution in [3.8, 4) is 0 Å². The van der Waals surface area contributed by atoms with E-state index in [1.807, 2.05) is 0 Å². The zero-order valence-corrected chi connectivity index (χ0v) is 5.19. The number of hydrogen-bond acceptors (Lipinski definition) is 3. The van der Waals surface area contributed by atoms with Crippen LogP contribution in [0.15, 0.2) is 0 Å². The number of nitrogens with two attached hydrogens (primary N) is 1. The first kappa shape index (κ1) is 8.03. The summed E-state index contributed by atoms with van der Waals surface area (Å²) in [6.45, 7) is 0.358. The molecule has 4 nitrogen and oxygen atoms in total. The fourth-order valence-corrected chi connectivity index (χ4v) is 0.474. The minimum Gasteiger partial charge on any atom is -0.365 e. The van der Waals surface area contributed by atoms with E-state index in [4.69, 9.17) is 10.3 Å². The Balaban J connectivity index is 2.82. The zero-order valence-electron chi connectivity index (χ0n) is 4.37. The molecule has 50 valence electrons. The molecular formula is C3H9NO3S. The SMILES string of the molecule is NCOCCS(=O)O. The Bertz CT molecular complexity index is 76.9. The van der Waals surface area contributed by atoms with E-state index in [2.05, 4.69) is 4.74 Å². The third kappa shape index (κ3) is 6.03. The van der Waals surface area contributed by atoms with E-state index in [0.717, 1.165) is 0 Å². The van der Waals surface area contributed by atoms with E-state index in [0.29, 0.717) is 0 Å². The molecular weight excluding hydrogens is 130 g/mol. The van der Waals surface area contributed by atoms with E-state index in [1.54, 1.807) is 0 Å². The van der Waals surface area contributed by atoms with Crippen molar-refractivity contribution in [2.24, 2.45) is 5.73 Å².